The highest BCUT2D eigenvalue weighted by atomic mass is 19.1. The summed E-state index contributed by atoms with van der Waals surface area (Å²) < 4.78 is 26.7. The molecule has 4 N–H and O–H groups in total. The van der Waals surface area contributed by atoms with E-state index in [4.69, 9.17) is 15.2 Å². The zero-order chi connectivity index (χ0) is 25.7. The number of fused-ring (bicyclic) bond motifs is 3. The monoisotopic (exact) mass is 501 g/mol. The van der Waals surface area contributed by atoms with Crippen molar-refractivity contribution < 1.29 is 13.9 Å². The van der Waals surface area contributed by atoms with Crippen LogP contribution in [0.15, 0.2) is 30.6 Å². The van der Waals surface area contributed by atoms with Crippen molar-refractivity contribution in [3.05, 3.63) is 53.1 Å². The topological polar surface area (TPSA) is 110 Å². The molecule has 0 aliphatic carbocycles. The van der Waals surface area contributed by atoms with E-state index < -0.39 is 5.82 Å². The molecule has 190 valence electrons. The van der Waals surface area contributed by atoms with E-state index in [-0.39, 0.29) is 5.69 Å². The first-order valence-electron chi connectivity index (χ1n) is 12.2. The fraction of sp³-hybridized carbons (Fsp3) is 0.296. The molecule has 0 saturated carbocycles. The summed E-state index contributed by atoms with van der Waals surface area (Å²) in [4.78, 5) is 15.8. The molecule has 6 rings (SSSR count). The van der Waals surface area contributed by atoms with Crippen molar-refractivity contribution >= 4 is 33.9 Å². The number of hydrogen-bond acceptors (Lipinski definition) is 9. The number of anilines is 4. The molecule has 9 nitrogen and oxygen atoms in total. The van der Waals surface area contributed by atoms with Crippen molar-refractivity contribution in [2.75, 3.05) is 50.2 Å². The lowest BCUT2D eigenvalue weighted by atomic mass is 9.98. The van der Waals surface area contributed by atoms with Gasteiger partial charge in [-0.05, 0) is 55.3 Å². The third kappa shape index (κ3) is 4.03. The van der Waals surface area contributed by atoms with E-state index in [0.717, 1.165) is 42.2 Å². The van der Waals surface area contributed by atoms with Gasteiger partial charge in [0.1, 0.15) is 18.0 Å². The third-order valence-electron chi connectivity index (χ3n) is 7.07. The number of ether oxygens (including phenoxy) is 2. The lowest BCUT2D eigenvalue weighted by Gasteiger charge is -2.26. The zero-order valence-corrected chi connectivity index (χ0v) is 21.0. The molecule has 0 radical (unpaired) electrons. The molecule has 2 aliphatic rings. The SMILES string of the molecule is COc1cc2c(cc1Nc1ncc3c(N)c(F)c(-c4cnc5c(c4C)NCCO5)cc3n1)CN(C)CC2. The van der Waals surface area contributed by atoms with Gasteiger partial charge in [0.05, 0.1) is 24.0 Å². The molecule has 2 aromatic heterocycles. The number of nitrogens with one attached hydrogen (secondary N) is 2. The third-order valence-corrected chi connectivity index (χ3v) is 7.07. The van der Waals surface area contributed by atoms with Crippen LogP contribution < -0.4 is 25.8 Å². The first-order valence-corrected chi connectivity index (χ1v) is 12.2. The van der Waals surface area contributed by atoms with Crippen LogP contribution in [0.5, 0.6) is 11.6 Å². The summed E-state index contributed by atoms with van der Waals surface area (Å²) in [6.07, 6.45) is 4.13. The number of pyridine rings is 1. The highest BCUT2D eigenvalue weighted by Gasteiger charge is 2.22. The molecule has 37 heavy (non-hydrogen) atoms. The van der Waals surface area contributed by atoms with Gasteiger partial charge in [-0.3, -0.25) is 0 Å². The average Bonchev–Trinajstić information content (AvgIpc) is 2.91. The van der Waals surface area contributed by atoms with Crippen molar-refractivity contribution in [1.82, 2.24) is 19.9 Å². The van der Waals surface area contributed by atoms with Crippen LogP contribution in [-0.2, 0) is 13.0 Å². The Hall–Kier alpha value is -4.18. The number of benzene rings is 2. The van der Waals surface area contributed by atoms with E-state index >= 15 is 4.39 Å². The largest absolute Gasteiger partial charge is 0.495 e. The molecule has 0 bridgehead atoms. The molecular weight excluding hydrogens is 473 g/mol. The molecule has 2 aromatic carbocycles. The molecule has 0 atom stereocenters. The minimum Gasteiger partial charge on any atom is -0.495 e. The Kier molecular flexibility index (Phi) is 5.68. The number of likely N-dealkylation sites (N-methyl/N-ethyl adjacent to an activating group) is 1. The number of nitrogen functional groups attached to an aromatic ring is 1. The molecule has 0 unspecified atom stereocenters. The number of halogens is 1. The van der Waals surface area contributed by atoms with Gasteiger partial charge in [-0.15, -0.1) is 0 Å². The van der Waals surface area contributed by atoms with Crippen molar-refractivity contribution in [2.45, 2.75) is 19.9 Å². The lowest BCUT2D eigenvalue weighted by Crippen LogP contribution is -2.26. The normalized spacial score (nSPS) is 14.9. The number of nitrogens with zero attached hydrogens (tertiary/aromatic N) is 4. The maximum Gasteiger partial charge on any atom is 0.237 e. The van der Waals surface area contributed by atoms with Gasteiger partial charge in [-0.2, -0.15) is 0 Å². The van der Waals surface area contributed by atoms with Crippen LogP contribution in [-0.4, -0.2) is 53.7 Å². The molecular formula is C27H28FN7O2. The average molecular weight is 502 g/mol. The maximum absolute atomic E-state index is 15.5. The first-order chi connectivity index (χ1) is 17.9. The predicted molar refractivity (Wildman–Crippen MR) is 142 cm³/mol. The van der Waals surface area contributed by atoms with Crippen LogP contribution in [0, 0.1) is 12.7 Å². The van der Waals surface area contributed by atoms with E-state index in [2.05, 4.69) is 49.7 Å². The highest BCUT2D eigenvalue weighted by Crippen LogP contribution is 2.39. The Bertz CT molecular complexity index is 1540. The van der Waals surface area contributed by atoms with Crippen LogP contribution in [0.1, 0.15) is 16.7 Å². The molecule has 4 aromatic rings. The fourth-order valence-corrected chi connectivity index (χ4v) is 5.04. The molecule has 0 saturated heterocycles. The minimum atomic E-state index is -0.529. The lowest BCUT2D eigenvalue weighted by molar-refractivity contribution is 0.310. The van der Waals surface area contributed by atoms with Gasteiger partial charge in [0.2, 0.25) is 11.8 Å². The van der Waals surface area contributed by atoms with Crippen LogP contribution in [0.3, 0.4) is 0 Å². The summed E-state index contributed by atoms with van der Waals surface area (Å²) in [7, 11) is 3.75. The summed E-state index contributed by atoms with van der Waals surface area (Å²) in [6, 6.07) is 5.84. The van der Waals surface area contributed by atoms with E-state index in [1.807, 2.05) is 6.92 Å². The smallest absolute Gasteiger partial charge is 0.237 e. The van der Waals surface area contributed by atoms with Crippen molar-refractivity contribution in [2.24, 2.45) is 0 Å². The Balaban J connectivity index is 1.41. The summed E-state index contributed by atoms with van der Waals surface area (Å²) >= 11 is 0. The number of hydrogen-bond donors (Lipinski definition) is 3. The molecule has 0 spiro atoms. The second kappa shape index (κ2) is 9.04. The van der Waals surface area contributed by atoms with Gasteiger partial charge in [0, 0.05) is 48.5 Å². The zero-order valence-electron chi connectivity index (χ0n) is 21.0. The highest BCUT2D eigenvalue weighted by molar-refractivity contribution is 5.96. The number of aromatic nitrogens is 3. The molecule has 10 heteroatoms. The maximum atomic E-state index is 15.5. The van der Waals surface area contributed by atoms with Gasteiger partial charge in [-0.1, -0.05) is 0 Å². The summed E-state index contributed by atoms with van der Waals surface area (Å²) in [5, 5.41) is 7.02. The quantitative estimate of drug-likeness (QED) is 0.353. The van der Waals surface area contributed by atoms with Crippen molar-refractivity contribution in [3.8, 4) is 22.8 Å². The van der Waals surface area contributed by atoms with Crippen LogP contribution >= 0.6 is 0 Å². The summed E-state index contributed by atoms with van der Waals surface area (Å²) in [6.45, 7) is 4.98. The van der Waals surface area contributed by atoms with Crippen molar-refractivity contribution in [1.29, 1.82) is 0 Å². The molecule has 0 fully saturated rings. The predicted octanol–water partition coefficient (Wildman–Crippen LogP) is 4.27. The molecule has 2 aliphatic heterocycles. The number of methoxy groups -OCH3 is 1. The van der Waals surface area contributed by atoms with Gasteiger partial charge < -0.3 is 30.7 Å². The second-order valence-electron chi connectivity index (χ2n) is 9.46. The van der Waals surface area contributed by atoms with E-state index in [0.29, 0.717) is 47.0 Å². The van der Waals surface area contributed by atoms with Crippen LogP contribution in [0.4, 0.5) is 27.4 Å². The Morgan fingerprint density at radius 3 is 2.86 bits per heavy atom. The molecule has 4 heterocycles. The van der Waals surface area contributed by atoms with E-state index in [9.17, 15) is 0 Å². The van der Waals surface area contributed by atoms with Crippen LogP contribution in [0.25, 0.3) is 22.0 Å². The van der Waals surface area contributed by atoms with E-state index in [1.54, 1.807) is 25.6 Å². The van der Waals surface area contributed by atoms with Crippen LogP contribution in [0.2, 0.25) is 0 Å². The minimum absolute atomic E-state index is 0.00483. The van der Waals surface area contributed by atoms with Gasteiger partial charge in [-0.25, -0.2) is 19.3 Å². The van der Waals surface area contributed by atoms with Crippen molar-refractivity contribution in [3.63, 3.8) is 0 Å². The standard InChI is InChI=1S/C27H28FN7O2/c1-14-18(11-31-26-25(14)30-5-7-37-26)17-10-20-19(24(29)23(17)28)12-32-27(33-20)34-21-8-16-13-35(2)6-4-15(16)9-22(21)36-3/h8-12,30H,4-7,13,29H2,1-3H3,(H,32,33,34). The second-order valence-corrected chi connectivity index (χ2v) is 9.46. The van der Waals surface area contributed by atoms with Gasteiger partial charge >= 0.3 is 0 Å². The summed E-state index contributed by atoms with van der Waals surface area (Å²) in [5.74, 6) is 1.07. The fourth-order valence-electron chi connectivity index (χ4n) is 5.04. The Labute approximate surface area is 213 Å². The van der Waals surface area contributed by atoms with Gasteiger partial charge in [0.25, 0.3) is 0 Å². The Morgan fingerprint density at radius 1 is 1.16 bits per heavy atom. The van der Waals surface area contributed by atoms with Gasteiger partial charge in [0.15, 0.2) is 5.82 Å². The van der Waals surface area contributed by atoms with E-state index in [1.165, 1.54) is 11.1 Å². The Morgan fingerprint density at radius 2 is 2.03 bits per heavy atom. The number of rotatable bonds is 4. The number of nitrogens with two attached hydrogens (primary N) is 1. The molecule has 0 amide bonds. The first kappa shape index (κ1) is 23.2. The summed E-state index contributed by atoms with van der Waals surface area (Å²) in [5.41, 5.74) is 12.6.